The third-order valence-electron chi connectivity index (χ3n) is 2.64. The molecule has 0 saturated heterocycles. The maximum atomic E-state index is 11.8. The average Bonchev–Trinajstić information content (AvgIpc) is 2.42. The van der Waals surface area contributed by atoms with Crippen molar-refractivity contribution in [1.29, 1.82) is 0 Å². The third-order valence-corrected chi connectivity index (χ3v) is 2.64. The van der Waals surface area contributed by atoms with E-state index in [1.165, 1.54) is 12.5 Å². The van der Waals surface area contributed by atoms with Gasteiger partial charge in [0.25, 0.3) is 0 Å². The predicted octanol–water partition coefficient (Wildman–Crippen LogP) is 2.72. The number of allylic oxidation sites excluding steroid dienone is 3. The van der Waals surface area contributed by atoms with Gasteiger partial charge in [0.15, 0.2) is 0 Å². The highest BCUT2D eigenvalue weighted by atomic mass is 16.5. The van der Waals surface area contributed by atoms with Crippen LogP contribution in [0.1, 0.15) is 26.7 Å². The monoisotopic (exact) mass is 250 g/mol. The van der Waals surface area contributed by atoms with Crippen molar-refractivity contribution in [1.82, 2.24) is 0 Å². The Bertz CT molecular complexity index is 379. The largest absolute Gasteiger partial charge is 0.435 e. The van der Waals surface area contributed by atoms with Crippen LogP contribution < -0.4 is 0 Å². The van der Waals surface area contributed by atoms with Crippen molar-refractivity contribution in [3.63, 3.8) is 0 Å². The molecule has 4 heteroatoms. The smallest absolute Gasteiger partial charge is 0.318 e. The van der Waals surface area contributed by atoms with E-state index in [2.05, 4.69) is 0 Å². The van der Waals surface area contributed by atoms with E-state index >= 15 is 0 Å². The van der Waals surface area contributed by atoms with Crippen LogP contribution in [0.5, 0.6) is 0 Å². The SMILES string of the molecule is C/C=C/OC(=O)C1C=CCCC1C(=O)O/C=C/C. The molecule has 0 fully saturated rings. The van der Waals surface area contributed by atoms with Crippen LogP contribution in [-0.2, 0) is 19.1 Å². The second kappa shape index (κ2) is 7.48. The Kier molecular flexibility index (Phi) is 5.91. The van der Waals surface area contributed by atoms with Crippen LogP contribution in [0.15, 0.2) is 36.8 Å². The Hall–Kier alpha value is -1.84. The Morgan fingerprint density at radius 3 is 2.33 bits per heavy atom. The van der Waals surface area contributed by atoms with E-state index in [-0.39, 0.29) is 5.97 Å². The molecular formula is C14H18O4. The molecule has 0 heterocycles. The number of hydrogen-bond donors (Lipinski definition) is 0. The van der Waals surface area contributed by atoms with E-state index in [0.717, 1.165) is 6.42 Å². The molecular weight excluding hydrogens is 232 g/mol. The summed E-state index contributed by atoms with van der Waals surface area (Å²) < 4.78 is 9.86. The van der Waals surface area contributed by atoms with E-state index in [4.69, 9.17) is 9.47 Å². The van der Waals surface area contributed by atoms with Gasteiger partial charge in [-0.3, -0.25) is 9.59 Å². The van der Waals surface area contributed by atoms with Crippen molar-refractivity contribution in [3.05, 3.63) is 36.8 Å². The molecule has 1 aliphatic rings. The fourth-order valence-electron chi connectivity index (χ4n) is 1.78. The van der Waals surface area contributed by atoms with Crippen molar-refractivity contribution in [2.75, 3.05) is 0 Å². The summed E-state index contributed by atoms with van der Waals surface area (Å²) in [5.74, 6) is -1.84. The first-order chi connectivity index (χ1) is 8.70. The number of ether oxygens (including phenoxy) is 2. The first kappa shape index (κ1) is 14.2. The zero-order chi connectivity index (χ0) is 13.4. The van der Waals surface area contributed by atoms with E-state index in [9.17, 15) is 9.59 Å². The summed E-state index contributed by atoms with van der Waals surface area (Å²) >= 11 is 0. The number of carbonyl (C=O) groups is 2. The fraction of sp³-hybridized carbons (Fsp3) is 0.429. The second-order valence-corrected chi connectivity index (χ2v) is 3.95. The van der Waals surface area contributed by atoms with Crippen LogP contribution >= 0.6 is 0 Å². The lowest BCUT2D eigenvalue weighted by atomic mass is 9.84. The second-order valence-electron chi connectivity index (χ2n) is 3.95. The van der Waals surface area contributed by atoms with E-state index < -0.39 is 17.8 Å². The Labute approximate surface area is 107 Å². The lowest BCUT2D eigenvalue weighted by Gasteiger charge is -2.23. The molecule has 0 radical (unpaired) electrons. The van der Waals surface area contributed by atoms with Gasteiger partial charge in [0.1, 0.15) is 0 Å². The van der Waals surface area contributed by atoms with Gasteiger partial charge in [-0.05, 0) is 26.7 Å². The highest BCUT2D eigenvalue weighted by Gasteiger charge is 2.35. The molecule has 0 aromatic rings. The van der Waals surface area contributed by atoms with Crippen LogP contribution in [0.2, 0.25) is 0 Å². The molecule has 0 N–H and O–H groups in total. The number of esters is 2. The highest BCUT2D eigenvalue weighted by Crippen LogP contribution is 2.27. The van der Waals surface area contributed by atoms with Gasteiger partial charge >= 0.3 is 11.9 Å². The van der Waals surface area contributed by atoms with Gasteiger partial charge in [0, 0.05) is 0 Å². The minimum absolute atomic E-state index is 0.389. The quantitative estimate of drug-likeness (QED) is 0.437. The summed E-state index contributed by atoms with van der Waals surface area (Å²) in [7, 11) is 0. The molecule has 2 atom stereocenters. The molecule has 0 aromatic heterocycles. The van der Waals surface area contributed by atoms with Crippen molar-refractivity contribution >= 4 is 11.9 Å². The molecule has 2 unspecified atom stereocenters. The Morgan fingerprint density at radius 1 is 1.11 bits per heavy atom. The normalized spacial score (nSPS) is 23.4. The molecule has 0 aliphatic heterocycles. The van der Waals surface area contributed by atoms with E-state index in [1.807, 2.05) is 6.08 Å². The van der Waals surface area contributed by atoms with Crippen LogP contribution in [0.25, 0.3) is 0 Å². The highest BCUT2D eigenvalue weighted by molar-refractivity contribution is 5.84. The maximum Gasteiger partial charge on any atom is 0.318 e. The summed E-state index contributed by atoms with van der Waals surface area (Å²) in [5.41, 5.74) is 0. The maximum absolute atomic E-state index is 11.8. The van der Waals surface area contributed by atoms with Gasteiger partial charge < -0.3 is 9.47 Å². The van der Waals surface area contributed by atoms with Gasteiger partial charge in [-0.1, -0.05) is 24.3 Å². The molecule has 0 amide bonds. The zero-order valence-electron chi connectivity index (χ0n) is 10.7. The van der Waals surface area contributed by atoms with Gasteiger partial charge in [0.05, 0.1) is 24.4 Å². The summed E-state index contributed by atoms with van der Waals surface area (Å²) in [6, 6.07) is 0. The van der Waals surface area contributed by atoms with Crippen LogP contribution in [-0.4, -0.2) is 11.9 Å². The predicted molar refractivity (Wildman–Crippen MR) is 67.2 cm³/mol. The summed E-state index contributed by atoms with van der Waals surface area (Å²) in [6.07, 6.45) is 10.9. The first-order valence-electron chi connectivity index (χ1n) is 6.00. The summed E-state index contributed by atoms with van der Waals surface area (Å²) in [5, 5.41) is 0. The first-order valence-corrected chi connectivity index (χ1v) is 6.00. The van der Waals surface area contributed by atoms with Crippen molar-refractivity contribution in [2.45, 2.75) is 26.7 Å². The molecule has 1 rings (SSSR count). The minimum Gasteiger partial charge on any atom is -0.435 e. The van der Waals surface area contributed by atoms with Crippen LogP contribution in [0, 0.1) is 11.8 Å². The molecule has 0 spiro atoms. The van der Waals surface area contributed by atoms with Crippen molar-refractivity contribution < 1.29 is 19.1 Å². The topological polar surface area (TPSA) is 52.6 Å². The Morgan fingerprint density at radius 2 is 1.72 bits per heavy atom. The van der Waals surface area contributed by atoms with Crippen LogP contribution in [0.4, 0.5) is 0 Å². The third kappa shape index (κ3) is 3.87. The van der Waals surface area contributed by atoms with Gasteiger partial charge in [0.2, 0.25) is 0 Å². The fourth-order valence-corrected chi connectivity index (χ4v) is 1.78. The number of rotatable bonds is 4. The van der Waals surface area contributed by atoms with E-state index in [1.54, 1.807) is 32.1 Å². The molecule has 0 saturated carbocycles. The minimum atomic E-state index is -0.562. The average molecular weight is 250 g/mol. The molecule has 4 nitrogen and oxygen atoms in total. The van der Waals surface area contributed by atoms with Gasteiger partial charge in [-0.15, -0.1) is 0 Å². The molecule has 18 heavy (non-hydrogen) atoms. The van der Waals surface area contributed by atoms with Crippen molar-refractivity contribution in [2.24, 2.45) is 11.8 Å². The lowest BCUT2D eigenvalue weighted by molar-refractivity contribution is -0.153. The van der Waals surface area contributed by atoms with Gasteiger partial charge in [-0.2, -0.15) is 0 Å². The van der Waals surface area contributed by atoms with Gasteiger partial charge in [-0.25, -0.2) is 0 Å². The summed E-state index contributed by atoms with van der Waals surface area (Å²) in [6.45, 7) is 3.51. The molecule has 0 aromatic carbocycles. The van der Waals surface area contributed by atoms with E-state index in [0.29, 0.717) is 6.42 Å². The number of hydrogen-bond acceptors (Lipinski definition) is 4. The molecule has 1 aliphatic carbocycles. The van der Waals surface area contributed by atoms with Crippen LogP contribution in [0.3, 0.4) is 0 Å². The lowest BCUT2D eigenvalue weighted by Crippen LogP contribution is -2.31. The number of carbonyl (C=O) groups excluding carboxylic acids is 2. The molecule has 98 valence electrons. The van der Waals surface area contributed by atoms with Crippen molar-refractivity contribution in [3.8, 4) is 0 Å². The summed E-state index contributed by atoms with van der Waals surface area (Å²) in [4.78, 5) is 23.6. The zero-order valence-corrected chi connectivity index (χ0v) is 10.7. The Balaban J connectivity index is 2.72. The molecule has 0 bridgehead atoms. The standard InChI is InChI=1S/C14H18O4/c1-3-9-17-13(15)11-7-5-6-8-12(11)14(16)18-10-4-2/h3-5,7,9-12H,6,8H2,1-2H3/b9-3+,10-4+.